The molecule has 30 heavy (non-hydrogen) atoms. The van der Waals surface area contributed by atoms with Gasteiger partial charge in [0.1, 0.15) is 0 Å². The summed E-state index contributed by atoms with van der Waals surface area (Å²) in [6, 6.07) is 18.5. The summed E-state index contributed by atoms with van der Waals surface area (Å²) in [7, 11) is 0. The number of nitrogens with one attached hydrogen (secondary N) is 2. The molecule has 0 bridgehead atoms. The molecule has 0 unspecified atom stereocenters. The molecule has 2 N–H and O–H groups in total. The average molecular weight is 504 g/mol. The number of carbonyl (C=O) groups excluding carboxylic acids is 1. The monoisotopic (exact) mass is 504 g/mol. The summed E-state index contributed by atoms with van der Waals surface area (Å²) < 4.78 is 3.05. The summed E-state index contributed by atoms with van der Waals surface area (Å²) in [6.45, 7) is 2.31. The maximum absolute atomic E-state index is 12.3. The van der Waals surface area contributed by atoms with E-state index < -0.39 is 0 Å². The standard InChI is InChI=1S/C22H18Cl2N4OSe/c1-14-18(13-25-22(29)26-16-6-3-2-4-7-16)27-28(21(14)20-8-5-11-30-20)19-10-9-15(23)12-17(19)24/h2-12H,13H2,1H3,(H2,25,26,29). The molecule has 0 radical (unpaired) electrons. The van der Waals surface area contributed by atoms with E-state index in [0.717, 1.165) is 28.3 Å². The van der Waals surface area contributed by atoms with Crippen LogP contribution in [0.3, 0.4) is 0 Å². The van der Waals surface area contributed by atoms with E-state index in [1.807, 2.05) is 48.0 Å². The molecule has 0 aliphatic rings. The van der Waals surface area contributed by atoms with Gasteiger partial charge in [0.2, 0.25) is 0 Å². The zero-order chi connectivity index (χ0) is 21.1. The molecule has 2 amide bonds. The molecule has 0 spiro atoms. The van der Waals surface area contributed by atoms with Gasteiger partial charge < -0.3 is 0 Å². The first-order chi connectivity index (χ1) is 14.5. The van der Waals surface area contributed by atoms with Crippen LogP contribution in [-0.2, 0) is 6.54 Å². The van der Waals surface area contributed by atoms with Crippen LogP contribution >= 0.6 is 23.2 Å². The summed E-state index contributed by atoms with van der Waals surface area (Å²) in [4.78, 5) is 14.5. The van der Waals surface area contributed by atoms with Gasteiger partial charge in [0, 0.05) is 0 Å². The third-order valence-corrected chi connectivity index (χ3v) is 6.94. The Labute approximate surface area is 190 Å². The van der Waals surface area contributed by atoms with Crippen molar-refractivity contribution in [3.63, 3.8) is 0 Å². The van der Waals surface area contributed by atoms with E-state index >= 15 is 0 Å². The fourth-order valence-corrected chi connectivity index (χ4v) is 5.29. The summed E-state index contributed by atoms with van der Waals surface area (Å²) in [5.41, 5.74) is 4.28. The first-order valence-electron chi connectivity index (χ1n) is 9.20. The summed E-state index contributed by atoms with van der Waals surface area (Å²) in [5.74, 6) is 0. The van der Waals surface area contributed by atoms with Gasteiger partial charge in [-0.15, -0.1) is 0 Å². The van der Waals surface area contributed by atoms with Crippen molar-refractivity contribution in [3.8, 4) is 15.8 Å². The molecule has 0 saturated heterocycles. The van der Waals surface area contributed by atoms with Crippen molar-refractivity contribution >= 4 is 49.4 Å². The number of para-hydroxylation sites is 1. The quantitative estimate of drug-likeness (QED) is 0.351. The minimum atomic E-state index is -0.285. The molecular formula is C22H18Cl2N4OSe. The van der Waals surface area contributed by atoms with Gasteiger partial charge in [-0.2, -0.15) is 0 Å². The number of anilines is 1. The van der Waals surface area contributed by atoms with Gasteiger partial charge >= 0.3 is 191 Å². The van der Waals surface area contributed by atoms with Crippen molar-refractivity contribution in [2.75, 3.05) is 5.32 Å². The fraction of sp³-hybridized carbons (Fsp3) is 0.0909. The van der Waals surface area contributed by atoms with Gasteiger partial charge in [-0.05, 0) is 0 Å². The molecule has 4 aromatic rings. The second kappa shape index (κ2) is 9.11. The Kier molecular flexibility index (Phi) is 6.30. The second-order valence-electron chi connectivity index (χ2n) is 6.58. The first kappa shape index (κ1) is 20.8. The van der Waals surface area contributed by atoms with Gasteiger partial charge in [0.05, 0.1) is 0 Å². The molecule has 0 aliphatic carbocycles. The molecule has 2 aromatic carbocycles. The Bertz CT molecular complexity index is 1170. The molecule has 2 aromatic heterocycles. The van der Waals surface area contributed by atoms with Gasteiger partial charge in [-0.1, -0.05) is 0 Å². The number of carbonyl (C=O) groups is 1. The Morgan fingerprint density at radius 3 is 2.60 bits per heavy atom. The van der Waals surface area contributed by atoms with E-state index in [1.54, 1.807) is 12.1 Å². The Balaban J connectivity index is 1.63. The van der Waals surface area contributed by atoms with Crippen LogP contribution in [0.5, 0.6) is 0 Å². The van der Waals surface area contributed by atoms with E-state index in [2.05, 4.69) is 27.7 Å². The van der Waals surface area contributed by atoms with Gasteiger partial charge in [0.25, 0.3) is 0 Å². The number of aromatic nitrogens is 2. The predicted octanol–water partition coefficient (Wildman–Crippen LogP) is 5.53. The van der Waals surface area contributed by atoms with Crippen LogP contribution in [0.1, 0.15) is 11.3 Å². The van der Waals surface area contributed by atoms with Crippen LogP contribution in [-0.4, -0.2) is 30.3 Å². The molecule has 152 valence electrons. The van der Waals surface area contributed by atoms with Crippen LogP contribution in [0, 0.1) is 6.92 Å². The Morgan fingerprint density at radius 1 is 1.10 bits per heavy atom. The Hall–Kier alpha value is -2.50. The zero-order valence-electron chi connectivity index (χ0n) is 16.0. The first-order valence-corrected chi connectivity index (χ1v) is 11.8. The van der Waals surface area contributed by atoms with Crippen LogP contribution < -0.4 is 10.6 Å². The summed E-state index contributed by atoms with van der Waals surface area (Å²) in [5, 5.41) is 11.6. The van der Waals surface area contributed by atoms with Gasteiger partial charge in [0.15, 0.2) is 0 Å². The molecule has 0 fully saturated rings. The van der Waals surface area contributed by atoms with Crippen molar-refractivity contribution in [2.24, 2.45) is 0 Å². The summed E-state index contributed by atoms with van der Waals surface area (Å²) >= 11 is 12.8. The van der Waals surface area contributed by atoms with E-state index in [1.165, 1.54) is 4.44 Å². The SMILES string of the molecule is Cc1c(CNC(=O)Nc2ccccc2)nn(-c2ccc(Cl)cc2Cl)c1-c1ccc[se]1. The molecule has 8 heteroatoms. The van der Waals surface area contributed by atoms with E-state index in [-0.39, 0.29) is 20.5 Å². The van der Waals surface area contributed by atoms with Crippen molar-refractivity contribution in [1.29, 1.82) is 0 Å². The fourth-order valence-electron chi connectivity index (χ4n) is 3.10. The molecule has 2 heterocycles. The maximum atomic E-state index is 12.3. The zero-order valence-corrected chi connectivity index (χ0v) is 19.2. The molecule has 0 saturated carbocycles. The van der Waals surface area contributed by atoms with Crippen LogP contribution in [0.4, 0.5) is 10.5 Å². The van der Waals surface area contributed by atoms with E-state index in [0.29, 0.717) is 16.6 Å². The third-order valence-electron chi connectivity index (χ3n) is 4.56. The number of hydrogen-bond acceptors (Lipinski definition) is 2. The number of urea groups is 1. The van der Waals surface area contributed by atoms with Crippen LogP contribution in [0.2, 0.25) is 10.0 Å². The van der Waals surface area contributed by atoms with E-state index in [4.69, 9.17) is 28.3 Å². The number of benzene rings is 2. The van der Waals surface area contributed by atoms with Crippen LogP contribution in [0.25, 0.3) is 15.8 Å². The number of nitrogens with zero attached hydrogens (tertiary/aromatic N) is 2. The number of hydrogen-bond donors (Lipinski definition) is 2. The average Bonchev–Trinajstić information content (AvgIpc) is 3.35. The molecule has 0 atom stereocenters. The van der Waals surface area contributed by atoms with Crippen molar-refractivity contribution < 1.29 is 4.79 Å². The number of rotatable bonds is 5. The van der Waals surface area contributed by atoms with Crippen molar-refractivity contribution in [1.82, 2.24) is 15.1 Å². The molecule has 4 rings (SSSR count). The topological polar surface area (TPSA) is 59.0 Å². The van der Waals surface area contributed by atoms with Crippen molar-refractivity contribution in [3.05, 3.63) is 86.9 Å². The third kappa shape index (κ3) is 4.47. The molecular weight excluding hydrogens is 486 g/mol. The van der Waals surface area contributed by atoms with Gasteiger partial charge in [-0.3, -0.25) is 0 Å². The van der Waals surface area contributed by atoms with Crippen molar-refractivity contribution in [2.45, 2.75) is 13.5 Å². The van der Waals surface area contributed by atoms with Gasteiger partial charge in [-0.25, -0.2) is 0 Å². The van der Waals surface area contributed by atoms with E-state index in [9.17, 15) is 4.79 Å². The summed E-state index contributed by atoms with van der Waals surface area (Å²) in [6.07, 6.45) is 0. The number of halogens is 2. The molecule has 0 aliphatic heterocycles. The normalized spacial score (nSPS) is 10.8. The Morgan fingerprint density at radius 2 is 1.90 bits per heavy atom. The molecule has 5 nitrogen and oxygen atoms in total. The predicted molar refractivity (Wildman–Crippen MR) is 123 cm³/mol. The second-order valence-corrected chi connectivity index (χ2v) is 9.41. The number of amides is 2. The minimum absolute atomic E-state index is 0.219. The van der Waals surface area contributed by atoms with Crippen LogP contribution in [0.15, 0.2) is 65.6 Å².